The van der Waals surface area contributed by atoms with Gasteiger partial charge in [-0.1, -0.05) is 5.11 Å². The summed E-state index contributed by atoms with van der Waals surface area (Å²) in [6.45, 7) is 2.32. The van der Waals surface area contributed by atoms with Gasteiger partial charge in [-0.05, 0) is 12.5 Å². The van der Waals surface area contributed by atoms with E-state index in [4.69, 9.17) is 10.6 Å². The number of nitrogens with zero attached hydrogens (tertiary/aromatic N) is 4. The van der Waals surface area contributed by atoms with Crippen LogP contribution in [0.3, 0.4) is 0 Å². The molecule has 0 fully saturated rings. The maximum absolute atomic E-state index is 11.0. The van der Waals surface area contributed by atoms with Crippen LogP contribution in [0.2, 0.25) is 0 Å². The molecule has 0 saturated carbocycles. The number of carbonyl (C=O) groups is 1. The summed E-state index contributed by atoms with van der Waals surface area (Å²) >= 11 is 1.29. The third kappa shape index (κ3) is 3.50. The number of aromatic nitrogens is 1. The number of thiazole rings is 1. The number of aliphatic carboxylic acids is 1. The van der Waals surface area contributed by atoms with Gasteiger partial charge < -0.3 is 5.11 Å². The average Bonchev–Trinajstić information content (AvgIpc) is 2.64. The number of nitrogens with one attached hydrogen (secondary N) is 1. The van der Waals surface area contributed by atoms with Crippen molar-refractivity contribution in [1.82, 2.24) is 10.3 Å². The quantitative estimate of drug-likeness (QED) is 0.340. The normalized spacial score (nSPS) is 11.8. The van der Waals surface area contributed by atoms with Crippen LogP contribution in [-0.4, -0.2) is 29.1 Å². The van der Waals surface area contributed by atoms with Gasteiger partial charge in [-0.25, -0.2) is 4.98 Å². The van der Waals surface area contributed by atoms with E-state index < -0.39 is 12.0 Å². The molecule has 1 atom stereocenters. The van der Waals surface area contributed by atoms with Crippen LogP contribution in [0.25, 0.3) is 10.4 Å². The zero-order chi connectivity index (χ0) is 12.0. The van der Waals surface area contributed by atoms with Gasteiger partial charge in [0, 0.05) is 29.1 Å². The summed E-state index contributed by atoms with van der Waals surface area (Å²) in [7, 11) is 0. The molecule has 16 heavy (non-hydrogen) atoms. The van der Waals surface area contributed by atoms with Crippen molar-refractivity contribution in [2.75, 3.05) is 13.1 Å². The van der Waals surface area contributed by atoms with Crippen molar-refractivity contribution >= 4 is 17.3 Å². The summed E-state index contributed by atoms with van der Waals surface area (Å²) in [5.41, 5.74) is 8.86. The lowest BCUT2D eigenvalue weighted by molar-refractivity contribution is -0.139. The molecule has 0 aromatic carbocycles. The van der Waals surface area contributed by atoms with Gasteiger partial charge in [-0.15, -0.1) is 11.3 Å². The Hall–Kier alpha value is -1.63. The zero-order valence-corrected chi connectivity index (χ0v) is 9.44. The molecule has 8 heteroatoms. The van der Waals surface area contributed by atoms with Gasteiger partial charge in [0.15, 0.2) is 6.04 Å². The molecule has 1 unspecified atom stereocenters. The monoisotopic (exact) mass is 241 g/mol. The highest BCUT2D eigenvalue weighted by atomic mass is 32.1. The summed E-state index contributed by atoms with van der Waals surface area (Å²) in [5, 5.41) is 17.4. The van der Waals surface area contributed by atoms with E-state index in [1.807, 2.05) is 0 Å². The van der Waals surface area contributed by atoms with E-state index >= 15 is 0 Å². The molecule has 1 aromatic heterocycles. The summed E-state index contributed by atoms with van der Waals surface area (Å²) in [6.07, 6.45) is 0. The van der Waals surface area contributed by atoms with Crippen LogP contribution in [0.5, 0.6) is 0 Å². The third-order valence-electron chi connectivity index (χ3n) is 1.75. The van der Waals surface area contributed by atoms with Gasteiger partial charge in [0.25, 0.3) is 0 Å². The standard InChI is InChI=1S/C8H11N5O2S/c1-5-4-16-7(12-5)6(8(14)15)10-2-3-11-13-9/h4,6,10H,2-3H2,1H3,(H,14,15). The fourth-order valence-electron chi connectivity index (χ4n) is 1.09. The molecule has 1 aromatic rings. The highest BCUT2D eigenvalue weighted by molar-refractivity contribution is 7.09. The minimum atomic E-state index is -0.990. The molecule has 0 radical (unpaired) electrons. The molecule has 0 spiro atoms. The van der Waals surface area contributed by atoms with Crippen molar-refractivity contribution in [2.24, 2.45) is 5.11 Å². The van der Waals surface area contributed by atoms with Crippen LogP contribution in [0, 0.1) is 6.92 Å². The summed E-state index contributed by atoms with van der Waals surface area (Å²) in [4.78, 5) is 17.7. The Kier molecular flexibility index (Phi) is 4.71. The van der Waals surface area contributed by atoms with Gasteiger partial charge in [0.05, 0.1) is 0 Å². The molecule has 0 aliphatic rings. The van der Waals surface area contributed by atoms with Crippen LogP contribution >= 0.6 is 11.3 Å². The zero-order valence-electron chi connectivity index (χ0n) is 8.62. The van der Waals surface area contributed by atoms with Crippen molar-refractivity contribution in [3.63, 3.8) is 0 Å². The molecule has 0 saturated heterocycles. The number of carboxylic acid groups (broad SMARTS) is 1. The van der Waals surface area contributed by atoms with Gasteiger partial charge in [-0.2, -0.15) is 0 Å². The maximum atomic E-state index is 11.0. The predicted molar refractivity (Wildman–Crippen MR) is 59.2 cm³/mol. The first-order valence-electron chi connectivity index (χ1n) is 4.54. The lowest BCUT2D eigenvalue weighted by Crippen LogP contribution is -2.30. The van der Waals surface area contributed by atoms with E-state index in [9.17, 15) is 4.79 Å². The number of hydrogen-bond donors (Lipinski definition) is 2. The van der Waals surface area contributed by atoms with Crippen LogP contribution in [0.15, 0.2) is 10.5 Å². The largest absolute Gasteiger partial charge is 0.480 e. The Morgan fingerprint density at radius 1 is 1.88 bits per heavy atom. The minimum Gasteiger partial charge on any atom is -0.480 e. The minimum absolute atomic E-state index is 0.213. The Balaban J connectivity index is 2.61. The van der Waals surface area contributed by atoms with Gasteiger partial charge >= 0.3 is 5.97 Å². The molecule has 2 N–H and O–H groups in total. The number of azide groups is 1. The van der Waals surface area contributed by atoms with Crippen molar-refractivity contribution in [3.05, 3.63) is 26.5 Å². The number of rotatable bonds is 6. The van der Waals surface area contributed by atoms with Gasteiger partial charge in [0.1, 0.15) is 5.01 Å². The van der Waals surface area contributed by atoms with Gasteiger partial charge in [-0.3, -0.25) is 10.1 Å². The fraction of sp³-hybridized carbons (Fsp3) is 0.500. The van der Waals surface area contributed by atoms with E-state index in [0.717, 1.165) is 5.69 Å². The molecule has 0 bridgehead atoms. The van der Waals surface area contributed by atoms with E-state index in [0.29, 0.717) is 11.6 Å². The van der Waals surface area contributed by atoms with Gasteiger partial charge in [0.2, 0.25) is 0 Å². The lowest BCUT2D eigenvalue weighted by atomic mass is 10.3. The summed E-state index contributed by atoms with van der Waals surface area (Å²) in [5.74, 6) is -0.990. The van der Waals surface area contributed by atoms with Crippen LogP contribution in [0.4, 0.5) is 0 Å². The lowest BCUT2D eigenvalue weighted by Gasteiger charge is -2.10. The fourth-order valence-corrected chi connectivity index (χ4v) is 1.95. The highest BCUT2D eigenvalue weighted by Crippen LogP contribution is 2.17. The molecule has 0 aliphatic heterocycles. The first kappa shape index (κ1) is 12.4. The molecule has 1 heterocycles. The summed E-state index contributed by atoms with van der Waals surface area (Å²) in [6, 6.07) is -0.840. The highest BCUT2D eigenvalue weighted by Gasteiger charge is 2.21. The van der Waals surface area contributed by atoms with Crippen molar-refractivity contribution in [1.29, 1.82) is 0 Å². The molecule has 86 valence electrons. The van der Waals surface area contributed by atoms with Crippen LogP contribution in [-0.2, 0) is 4.79 Å². The van der Waals surface area contributed by atoms with Crippen molar-refractivity contribution in [2.45, 2.75) is 13.0 Å². The van der Waals surface area contributed by atoms with Crippen LogP contribution in [0.1, 0.15) is 16.7 Å². The van der Waals surface area contributed by atoms with E-state index in [2.05, 4.69) is 20.3 Å². The second-order valence-corrected chi connectivity index (χ2v) is 3.90. The number of carboxylic acids is 1. The van der Waals surface area contributed by atoms with Crippen LogP contribution < -0.4 is 5.32 Å². The number of aryl methyl sites for hydroxylation is 1. The Labute approximate surface area is 95.8 Å². The average molecular weight is 241 g/mol. The first-order chi connectivity index (χ1) is 7.65. The molecule has 0 aliphatic carbocycles. The maximum Gasteiger partial charge on any atom is 0.327 e. The SMILES string of the molecule is Cc1csc(C(NCCN=[N+]=[N-])C(=O)O)n1. The number of hydrogen-bond acceptors (Lipinski definition) is 5. The topological polar surface area (TPSA) is 111 Å². The second-order valence-electron chi connectivity index (χ2n) is 3.01. The molecule has 7 nitrogen and oxygen atoms in total. The Morgan fingerprint density at radius 2 is 2.62 bits per heavy atom. The molecular weight excluding hydrogens is 230 g/mol. The molecular formula is C8H11N5O2S. The Bertz CT molecular complexity index is 412. The summed E-state index contributed by atoms with van der Waals surface area (Å²) < 4.78 is 0. The second kappa shape index (κ2) is 6.06. The predicted octanol–water partition coefficient (Wildman–Crippen LogP) is 1.48. The van der Waals surface area contributed by atoms with E-state index in [1.165, 1.54) is 11.3 Å². The van der Waals surface area contributed by atoms with E-state index in [1.54, 1.807) is 12.3 Å². The molecule has 1 rings (SSSR count). The first-order valence-corrected chi connectivity index (χ1v) is 5.42. The van der Waals surface area contributed by atoms with E-state index in [-0.39, 0.29) is 6.54 Å². The third-order valence-corrected chi connectivity index (χ3v) is 2.78. The van der Waals surface area contributed by atoms with Crippen molar-refractivity contribution < 1.29 is 9.90 Å². The smallest absolute Gasteiger partial charge is 0.327 e. The molecule has 0 amide bonds. The van der Waals surface area contributed by atoms with Crippen molar-refractivity contribution in [3.8, 4) is 0 Å². The Morgan fingerprint density at radius 3 is 3.12 bits per heavy atom.